The fourth-order valence-corrected chi connectivity index (χ4v) is 1.83. The molecule has 0 aliphatic heterocycles. The summed E-state index contributed by atoms with van der Waals surface area (Å²) >= 11 is 0. The van der Waals surface area contributed by atoms with E-state index < -0.39 is 18.4 Å². The van der Waals surface area contributed by atoms with Crippen molar-refractivity contribution in [1.82, 2.24) is 0 Å². The summed E-state index contributed by atoms with van der Waals surface area (Å²) in [5.74, 6) is 0. The van der Waals surface area contributed by atoms with Gasteiger partial charge in [-0.2, -0.15) is 13.2 Å². The SMILES string of the molecule is CC1(C)CC=C(C(O)(CO)C(F)(F)F)CC1. The van der Waals surface area contributed by atoms with Gasteiger partial charge in [-0.05, 0) is 30.3 Å². The van der Waals surface area contributed by atoms with E-state index in [1.54, 1.807) is 0 Å². The molecule has 0 fully saturated rings. The van der Waals surface area contributed by atoms with Crippen molar-refractivity contribution in [3.63, 3.8) is 0 Å². The van der Waals surface area contributed by atoms with Crippen LogP contribution in [0.2, 0.25) is 0 Å². The van der Waals surface area contributed by atoms with E-state index in [9.17, 15) is 18.3 Å². The summed E-state index contributed by atoms with van der Waals surface area (Å²) in [6, 6.07) is 0. The Morgan fingerprint density at radius 1 is 1.38 bits per heavy atom. The predicted molar refractivity (Wildman–Crippen MR) is 53.8 cm³/mol. The van der Waals surface area contributed by atoms with E-state index in [4.69, 9.17) is 5.11 Å². The first-order valence-electron chi connectivity index (χ1n) is 5.22. The Bertz CT molecular complexity index is 294. The van der Waals surface area contributed by atoms with E-state index in [-0.39, 0.29) is 17.4 Å². The number of alkyl halides is 3. The van der Waals surface area contributed by atoms with Gasteiger partial charge in [-0.1, -0.05) is 19.9 Å². The molecule has 2 N–H and O–H groups in total. The highest BCUT2D eigenvalue weighted by molar-refractivity contribution is 5.23. The standard InChI is InChI=1S/C11H17F3O2/c1-9(2)5-3-8(4-6-9)10(16,7-15)11(12,13)14/h3,15-16H,4-7H2,1-2H3. The summed E-state index contributed by atoms with van der Waals surface area (Å²) in [6.45, 7) is 2.61. The first-order chi connectivity index (χ1) is 7.12. The third-order valence-corrected chi connectivity index (χ3v) is 3.20. The number of aliphatic hydroxyl groups is 2. The summed E-state index contributed by atoms with van der Waals surface area (Å²) in [6.07, 6.45) is -2.18. The summed E-state index contributed by atoms with van der Waals surface area (Å²) in [5.41, 5.74) is -3.21. The molecule has 1 unspecified atom stereocenters. The number of halogens is 3. The topological polar surface area (TPSA) is 40.5 Å². The average Bonchev–Trinajstić information content (AvgIpc) is 2.14. The molecule has 2 nitrogen and oxygen atoms in total. The maximum Gasteiger partial charge on any atom is 0.423 e. The molecule has 0 aromatic heterocycles. The van der Waals surface area contributed by atoms with Gasteiger partial charge in [-0.25, -0.2) is 0 Å². The molecule has 94 valence electrons. The maximum atomic E-state index is 12.6. The third kappa shape index (κ3) is 2.40. The minimum absolute atomic E-state index is 0.0362. The van der Waals surface area contributed by atoms with E-state index in [2.05, 4.69) is 0 Å². The highest BCUT2D eigenvalue weighted by atomic mass is 19.4. The fraction of sp³-hybridized carbons (Fsp3) is 0.818. The van der Waals surface area contributed by atoms with Crippen molar-refractivity contribution in [1.29, 1.82) is 0 Å². The van der Waals surface area contributed by atoms with E-state index in [0.29, 0.717) is 12.8 Å². The molecule has 0 bridgehead atoms. The van der Waals surface area contributed by atoms with Crippen molar-refractivity contribution in [3.8, 4) is 0 Å². The summed E-state index contributed by atoms with van der Waals surface area (Å²) in [4.78, 5) is 0. The lowest BCUT2D eigenvalue weighted by molar-refractivity contribution is -0.255. The Balaban J connectivity index is 2.96. The van der Waals surface area contributed by atoms with Crippen molar-refractivity contribution < 1.29 is 23.4 Å². The Morgan fingerprint density at radius 2 is 1.94 bits per heavy atom. The van der Waals surface area contributed by atoms with Gasteiger partial charge < -0.3 is 10.2 Å². The van der Waals surface area contributed by atoms with Gasteiger partial charge in [0.05, 0.1) is 6.61 Å². The molecule has 16 heavy (non-hydrogen) atoms. The zero-order valence-electron chi connectivity index (χ0n) is 9.43. The van der Waals surface area contributed by atoms with Crippen molar-refractivity contribution in [2.24, 2.45) is 5.41 Å². The molecule has 0 aromatic rings. The molecule has 0 saturated heterocycles. The molecule has 1 aliphatic rings. The van der Waals surface area contributed by atoms with Gasteiger partial charge in [-0.15, -0.1) is 0 Å². The van der Waals surface area contributed by atoms with Gasteiger partial charge in [0.2, 0.25) is 5.60 Å². The molecule has 0 spiro atoms. The molecule has 1 aliphatic carbocycles. The molecule has 1 atom stereocenters. The van der Waals surface area contributed by atoms with Crippen LogP contribution in [0.25, 0.3) is 0 Å². The van der Waals surface area contributed by atoms with E-state index in [1.165, 1.54) is 6.08 Å². The second kappa shape index (κ2) is 4.04. The highest BCUT2D eigenvalue weighted by Gasteiger charge is 2.56. The normalized spacial score (nSPS) is 24.8. The van der Waals surface area contributed by atoms with Crippen LogP contribution in [0.5, 0.6) is 0 Å². The van der Waals surface area contributed by atoms with Gasteiger partial charge >= 0.3 is 6.18 Å². The number of allylic oxidation sites excluding steroid dienone is 1. The molecule has 0 heterocycles. The van der Waals surface area contributed by atoms with Crippen LogP contribution in [-0.2, 0) is 0 Å². The maximum absolute atomic E-state index is 12.6. The first kappa shape index (κ1) is 13.5. The smallest absolute Gasteiger partial charge is 0.393 e. The third-order valence-electron chi connectivity index (χ3n) is 3.20. The fourth-order valence-electron chi connectivity index (χ4n) is 1.83. The van der Waals surface area contributed by atoms with Crippen molar-refractivity contribution in [2.45, 2.75) is 44.9 Å². The van der Waals surface area contributed by atoms with Gasteiger partial charge in [0.25, 0.3) is 0 Å². The second-order valence-corrected chi connectivity index (χ2v) is 5.11. The van der Waals surface area contributed by atoms with E-state index in [0.717, 1.165) is 0 Å². The number of hydrogen-bond acceptors (Lipinski definition) is 2. The molecular formula is C11H17F3O2. The average molecular weight is 238 g/mol. The van der Waals surface area contributed by atoms with E-state index >= 15 is 0 Å². The van der Waals surface area contributed by atoms with Gasteiger partial charge in [-0.3, -0.25) is 0 Å². The van der Waals surface area contributed by atoms with Crippen LogP contribution in [0.15, 0.2) is 11.6 Å². The van der Waals surface area contributed by atoms with Gasteiger partial charge in [0.15, 0.2) is 0 Å². The largest absolute Gasteiger partial charge is 0.423 e. The molecule has 5 heteroatoms. The molecule has 0 radical (unpaired) electrons. The minimum atomic E-state index is -4.82. The Morgan fingerprint density at radius 3 is 2.25 bits per heavy atom. The minimum Gasteiger partial charge on any atom is -0.393 e. The van der Waals surface area contributed by atoms with Crippen molar-refractivity contribution in [3.05, 3.63) is 11.6 Å². The van der Waals surface area contributed by atoms with E-state index in [1.807, 2.05) is 13.8 Å². The molecular weight excluding hydrogens is 221 g/mol. The first-order valence-corrected chi connectivity index (χ1v) is 5.22. The lowest BCUT2D eigenvalue weighted by Crippen LogP contribution is -2.50. The van der Waals surface area contributed by atoms with Crippen LogP contribution < -0.4 is 0 Å². The van der Waals surface area contributed by atoms with Gasteiger partial charge in [0, 0.05) is 0 Å². The predicted octanol–water partition coefficient (Wildman–Crippen LogP) is 2.41. The van der Waals surface area contributed by atoms with Crippen LogP contribution in [0, 0.1) is 5.41 Å². The molecule has 0 aromatic carbocycles. The van der Waals surface area contributed by atoms with Crippen LogP contribution in [0.3, 0.4) is 0 Å². The second-order valence-electron chi connectivity index (χ2n) is 5.11. The Hall–Kier alpha value is -0.550. The highest BCUT2D eigenvalue weighted by Crippen LogP contribution is 2.43. The number of hydrogen-bond donors (Lipinski definition) is 2. The molecule has 1 rings (SSSR count). The number of aliphatic hydroxyl groups excluding tert-OH is 1. The Kier molecular flexibility index (Phi) is 3.41. The van der Waals surface area contributed by atoms with Crippen LogP contribution in [0.4, 0.5) is 13.2 Å². The van der Waals surface area contributed by atoms with Crippen LogP contribution in [-0.4, -0.2) is 28.6 Å². The van der Waals surface area contributed by atoms with Crippen molar-refractivity contribution in [2.75, 3.05) is 6.61 Å². The zero-order valence-corrected chi connectivity index (χ0v) is 9.43. The Labute approximate surface area is 92.8 Å². The summed E-state index contributed by atoms with van der Waals surface area (Å²) < 4.78 is 37.9. The number of rotatable bonds is 2. The van der Waals surface area contributed by atoms with Crippen molar-refractivity contribution >= 4 is 0 Å². The van der Waals surface area contributed by atoms with Crippen LogP contribution >= 0.6 is 0 Å². The van der Waals surface area contributed by atoms with Gasteiger partial charge in [0.1, 0.15) is 0 Å². The monoisotopic (exact) mass is 238 g/mol. The summed E-state index contributed by atoms with van der Waals surface area (Å²) in [5, 5.41) is 18.3. The summed E-state index contributed by atoms with van der Waals surface area (Å²) in [7, 11) is 0. The zero-order chi connectivity index (χ0) is 12.6. The lowest BCUT2D eigenvalue weighted by atomic mass is 9.74. The quantitative estimate of drug-likeness (QED) is 0.725. The molecule has 0 saturated carbocycles. The lowest BCUT2D eigenvalue weighted by Gasteiger charge is -2.36. The van der Waals surface area contributed by atoms with Crippen LogP contribution in [0.1, 0.15) is 33.1 Å². The molecule has 0 amide bonds.